The van der Waals surface area contributed by atoms with Gasteiger partial charge in [0, 0.05) is 30.9 Å². The molecule has 1 aromatic heterocycles. The van der Waals surface area contributed by atoms with E-state index in [1.54, 1.807) is 23.5 Å². The lowest BCUT2D eigenvalue weighted by Gasteiger charge is -2.33. The molecule has 0 spiro atoms. The van der Waals surface area contributed by atoms with Crippen LogP contribution in [0.4, 0.5) is 4.39 Å². The molecule has 0 aliphatic carbocycles. The standard InChI is InChI=1S/C18H21FN2O2S/c19-15-5-3-14(4-6-15)17-13-21(9-10-23-17)8-7-18(22)20-12-16-2-1-11-24-16/h1-6,11,17H,7-10,12-13H2,(H,20,22)/t17-/m0/s1. The SMILES string of the molecule is O=C(CCN1CCO[C@H](c2ccc(F)cc2)C1)NCc1cccs1. The van der Waals surface area contributed by atoms with E-state index in [1.165, 1.54) is 12.1 Å². The van der Waals surface area contributed by atoms with E-state index in [-0.39, 0.29) is 17.8 Å². The van der Waals surface area contributed by atoms with E-state index in [0.29, 0.717) is 26.1 Å². The predicted octanol–water partition coefficient (Wildman–Crippen LogP) is 2.97. The van der Waals surface area contributed by atoms with Gasteiger partial charge in [-0.05, 0) is 29.1 Å². The van der Waals surface area contributed by atoms with E-state index in [2.05, 4.69) is 10.2 Å². The zero-order chi connectivity index (χ0) is 16.8. The van der Waals surface area contributed by atoms with Crippen molar-refractivity contribution in [3.05, 3.63) is 58.0 Å². The number of hydrogen-bond donors (Lipinski definition) is 1. The summed E-state index contributed by atoms with van der Waals surface area (Å²) >= 11 is 1.64. The maximum atomic E-state index is 13.0. The van der Waals surface area contributed by atoms with E-state index >= 15 is 0 Å². The number of carbonyl (C=O) groups excluding carboxylic acids is 1. The van der Waals surface area contributed by atoms with Crippen LogP contribution in [-0.2, 0) is 16.1 Å². The minimum Gasteiger partial charge on any atom is -0.371 e. The van der Waals surface area contributed by atoms with Gasteiger partial charge in [0.05, 0.1) is 19.3 Å². The summed E-state index contributed by atoms with van der Waals surface area (Å²) in [4.78, 5) is 15.3. The third-order valence-corrected chi connectivity index (χ3v) is 4.96. The monoisotopic (exact) mass is 348 g/mol. The Labute approximate surface area is 145 Å². The first-order valence-corrected chi connectivity index (χ1v) is 8.97. The summed E-state index contributed by atoms with van der Waals surface area (Å²) in [7, 11) is 0. The number of morpholine rings is 1. The molecule has 1 aliphatic rings. The molecule has 6 heteroatoms. The lowest BCUT2D eigenvalue weighted by atomic mass is 10.1. The van der Waals surface area contributed by atoms with Gasteiger partial charge in [0.2, 0.25) is 5.91 Å². The van der Waals surface area contributed by atoms with Gasteiger partial charge in [0.1, 0.15) is 5.82 Å². The molecule has 0 radical (unpaired) electrons. The second kappa shape index (κ2) is 8.37. The van der Waals surface area contributed by atoms with Gasteiger partial charge in [0.25, 0.3) is 0 Å². The Morgan fingerprint density at radius 1 is 1.33 bits per heavy atom. The van der Waals surface area contributed by atoms with Crippen molar-refractivity contribution in [3.8, 4) is 0 Å². The lowest BCUT2D eigenvalue weighted by Crippen LogP contribution is -2.40. The number of carbonyl (C=O) groups is 1. The van der Waals surface area contributed by atoms with E-state index in [4.69, 9.17) is 4.74 Å². The van der Waals surface area contributed by atoms with Crippen LogP contribution in [0.3, 0.4) is 0 Å². The Kier molecular flexibility index (Phi) is 5.96. The predicted molar refractivity (Wildman–Crippen MR) is 92.3 cm³/mol. The first-order chi connectivity index (χ1) is 11.7. The number of thiophene rings is 1. The third-order valence-electron chi connectivity index (χ3n) is 4.09. The number of nitrogens with one attached hydrogen (secondary N) is 1. The average molecular weight is 348 g/mol. The Hall–Kier alpha value is -1.76. The number of benzene rings is 1. The molecule has 1 saturated heterocycles. The Bertz CT molecular complexity index is 646. The van der Waals surface area contributed by atoms with Crippen molar-refractivity contribution < 1.29 is 13.9 Å². The van der Waals surface area contributed by atoms with E-state index in [9.17, 15) is 9.18 Å². The highest BCUT2D eigenvalue weighted by Gasteiger charge is 2.22. The molecule has 3 rings (SSSR count). The number of hydrogen-bond acceptors (Lipinski definition) is 4. The lowest BCUT2D eigenvalue weighted by molar-refractivity contribution is -0.122. The van der Waals surface area contributed by atoms with Gasteiger partial charge < -0.3 is 10.1 Å². The largest absolute Gasteiger partial charge is 0.371 e. The van der Waals surface area contributed by atoms with Crippen LogP contribution in [0.25, 0.3) is 0 Å². The van der Waals surface area contributed by atoms with Crippen LogP contribution in [0.1, 0.15) is 23.0 Å². The van der Waals surface area contributed by atoms with Gasteiger partial charge in [-0.2, -0.15) is 0 Å². The Balaban J connectivity index is 1.43. The molecular formula is C18H21FN2O2S. The fourth-order valence-corrected chi connectivity index (χ4v) is 3.38. The number of rotatable bonds is 6. The Morgan fingerprint density at radius 3 is 2.92 bits per heavy atom. The van der Waals surface area contributed by atoms with Crippen LogP contribution in [-0.4, -0.2) is 37.0 Å². The summed E-state index contributed by atoms with van der Waals surface area (Å²) in [5, 5.41) is 4.95. The maximum Gasteiger partial charge on any atom is 0.221 e. The van der Waals surface area contributed by atoms with Gasteiger partial charge in [-0.15, -0.1) is 11.3 Å². The van der Waals surface area contributed by atoms with Gasteiger partial charge in [-0.1, -0.05) is 18.2 Å². The van der Waals surface area contributed by atoms with Crippen molar-refractivity contribution in [2.75, 3.05) is 26.2 Å². The van der Waals surface area contributed by atoms with Crippen LogP contribution in [0.15, 0.2) is 41.8 Å². The zero-order valence-electron chi connectivity index (χ0n) is 13.4. The number of amides is 1. The van der Waals surface area contributed by atoms with Crippen molar-refractivity contribution in [1.82, 2.24) is 10.2 Å². The highest BCUT2D eigenvalue weighted by molar-refractivity contribution is 7.09. The molecule has 1 fully saturated rings. The Morgan fingerprint density at radius 2 is 2.17 bits per heavy atom. The van der Waals surface area contributed by atoms with Crippen LogP contribution < -0.4 is 5.32 Å². The second-order valence-electron chi connectivity index (χ2n) is 5.82. The van der Waals surface area contributed by atoms with Gasteiger partial charge in [0.15, 0.2) is 0 Å². The molecule has 1 aromatic carbocycles. The summed E-state index contributed by atoms with van der Waals surface area (Å²) in [5.41, 5.74) is 0.975. The van der Waals surface area contributed by atoms with Crippen molar-refractivity contribution in [3.63, 3.8) is 0 Å². The van der Waals surface area contributed by atoms with Crippen LogP contribution in [0.5, 0.6) is 0 Å². The normalized spacial score (nSPS) is 18.5. The van der Waals surface area contributed by atoms with E-state index in [0.717, 1.165) is 23.5 Å². The van der Waals surface area contributed by atoms with Gasteiger partial charge >= 0.3 is 0 Å². The molecular weight excluding hydrogens is 327 g/mol. The van der Waals surface area contributed by atoms with Crippen LogP contribution in [0.2, 0.25) is 0 Å². The second-order valence-corrected chi connectivity index (χ2v) is 6.85. The molecule has 1 atom stereocenters. The molecule has 24 heavy (non-hydrogen) atoms. The molecule has 128 valence electrons. The van der Waals surface area contributed by atoms with Crippen molar-refractivity contribution in [1.29, 1.82) is 0 Å². The van der Waals surface area contributed by atoms with Crippen molar-refractivity contribution >= 4 is 17.2 Å². The molecule has 4 nitrogen and oxygen atoms in total. The van der Waals surface area contributed by atoms with Gasteiger partial charge in [-0.25, -0.2) is 4.39 Å². The molecule has 0 unspecified atom stereocenters. The number of nitrogens with zero attached hydrogens (tertiary/aromatic N) is 1. The van der Waals surface area contributed by atoms with E-state index in [1.807, 2.05) is 17.5 Å². The molecule has 0 saturated carbocycles. The summed E-state index contributed by atoms with van der Waals surface area (Å²) in [6.07, 6.45) is 0.412. The smallest absolute Gasteiger partial charge is 0.221 e. The molecule has 1 aliphatic heterocycles. The minimum absolute atomic E-state index is 0.0615. The first-order valence-electron chi connectivity index (χ1n) is 8.09. The number of halogens is 1. The fraction of sp³-hybridized carbons (Fsp3) is 0.389. The molecule has 2 aromatic rings. The third kappa shape index (κ3) is 4.87. The molecule has 2 heterocycles. The zero-order valence-corrected chi connectivity index (χ0v) is 14.2. The van der Waals surface area contributed by atoms with Gasteiger partial charge in [-0.3, -0.25) is 9.69 Å². The quantitative estimate of drug-likeness (QED) is 0.873. The summed E-state index contributed by atoms with van der Waals surface area (Å²) < 4.78 is 18.8. The highest BCUT2D eigenvalue weighted by Crippen LogP contribution is 2.22. The maximum absolute atomic E-state index is 13.0. The topological polar surface area (TPSA) is 41.6 Å². The number of ether oxygens (including phenoxy) is 1. The molecule has 1 N–H and O–H groups in total. The first kappa shape index (κ1) is 17.1. The summed E-state index contributed by atoms with van der Waals surface area (Å²) in [6, 6.07) is 10.4. The van der Waals surface area contributed by atoms with Crippen LogP contribution in [0, 0.1) is 5.82 Å². The van der Waals surface area contributed by atoms with Crippen molar-refractivity contribution in [2.45, 2.75) is 19.1 Å². The minimum atomic E-state index is -0.242. The fourth-order valence-electron chi connectivity index (χ4n) is 2.73. The van der Waals surface area contributed by atoms with E-state index < -0.39 is 0 Å². The van der Waals surface area contributed by atoms with Crippen LogP contribution >= 0.6 is 11.3 Å². The van der Waals surface area contributed by atoms with Crippen molar-refractivity contribution in [2.24, 2.45) is 0 Å². The summed E-state index contributed by atoms with van der Waals surface area (Å²) in [5.74, 6) is -0.179. The summed E-state index contributed by atoms with van der Waals surface area (Å²) in [6.45, 7) is 3.47. The highest BCUT2D eigenvalue weighted by atomic mass is 32.1. The molecule has 0 bridgehead atoms. The molecule has 1 amide bonds. The average Bonchev–Trinajstić information content (AvgIpc) is 3.13.